The van der Waals surface area contributed by atoms with Crippen molar-refractivity contribution in [3.8, 4) is 0 Å². The maximum Gasteiger partial charge on any atom is 0.256 e. The number of fused-ring (bicyclic) bond motifs is 1. The highest BCUT2D eigenvalue weighted by molar-refractivity contribution is 6.05. The first kappa shape index (κ1) is 13.9. The van der Waals surface area contributed by atoms with Crippen LogP contribution in [-0.4, -0.2) is 32.1 Å². The van der Waals surface area contributed by atoms with E-state index in [0.29, 0.717) is 5.56 Å². The van der Waals surface area contributed by atoms with Crippen LogP contribution >= 0.6 is 0 Å². The topological polar surface area (TPSA) is 51.0 Å². The van der Waals surface area contributed by atoms with E-state index < -0.39 is 0 Å². The van der Waals surface area contributed by atoms with Gasteiger partial charge in [-0.15, -0.1) is 0 Å². The number of nitrogens with zero attached hydrogens (tertiary/aromatic N) is 4. The molecule has 4 rings (SSSR count). The predicted molar refractivity (Wildman–Crippen MR) is 88.0 cm³/mol. The van der Waals surface area contributed by atoms with Crippen molar-refractivity contribution in [3.05, 3.63) is 60.0 Å². The fourth-order valence-corrected chi connectivity index (χ4v) is 3.40. The van der Waals surface area contributed by atoms with E-state index >= 15 is 0 Å². The number of para-hydroxylation sites is 1. The summed E-state index contributed by atoms with van der Waals surface area (Å²) in [6.07, 6.45) is 7.59. The predicted octanol–water partition coefficient (Wildman–Crippen LogP) is 2.95. The monoisotopic (exact) mass is 306 g/mol. The van der Waals surface area contributed by atoms with Crippen LogP contribution in [0.1, 0.15) is 34.8 Å². The summed E-state index contributed by atoms with van der Waals surface area (Å²) in [4.78, 5) is 19.5. The quantitative estimate of drug-likeness (QED) is 0.731. The van der Waals surface area contributed by atoms with Gasteiger partial charge in [0, 0.05) is 36.9 Å². The minimum Gasteiger partial charge on any atom is -0.331 e. The Bertz CT molecular complexity index is 865. The molecule has 0 unspecified atom stereocenters. The van der Waals surface area contributed by atoms with Crippen molar-refractivity contribution in [1.82, 2.24) is 19.7 Å². The van der Waals surface area contributed by atoms with Gasteiger partial charge in [0.2, 0.25) is 0 Å². The Labute approximate surface area is 134 Å². The Morgan fingerprint density at radius 3 is 2.96 bits per heavy atom. The summed E-state index contributed by atoms with van der Waals surface area (Å²) >= 11 is 0. The second kappa shape index (κ2) is 5.50. The van der Waals surface area contributed by atoms with Gasteiger partial charge in [-0.05, 0) is 25.0 Å². The van der Waals surface area contributed by atoms with Crippen molar-refractivity contribution in [1.29, 1.82) is 0 Å². The molecule has 3 heterocycles. The molecule has 1 saturated heterocycles. The first-order chi connectivity index (χ1) is 11.2. The highest BCUT2D eigenvalue weighted by Gasteiger charge is 2.32. The van der Waals surface area contributed by atoms with Gasteiger partial charge in [-0.2, -0.15) is 5.10 Å². The van der Waals surface area contributed by atoms with Gasteiger partial charge in [0.15, 0.2) is 0 Å². The lowest BCUT2D eigenvalue weighted by Gasteiger charge is -2.24. The largest absolute Gasteiger partial charge is 0.331 e. The Morgan fingerprint density at radius 2 is 2.13 bits per heavy atom. The minimum absolute atomic E-state index is 0.0562. The third-order valence-corrected chi connectivity index (χ3v) is 4.49. The van der Waals surface area contributed by atoms with Crippen LogP contribution in [0, 0.1) is 0 Å². The van der Waals surface area contributed by atoms with E-state index in [2.05, 4.69) is 10.1 Å². The maximum atomic E-state index is 13.1. The Balaban J connectivity index is 1.72. The standard InChI is InChI=1S/C18H18N4O/c1-21-12-14(11-20-21)16-8-4-10-22(16)18(23)15-7-2-5-13-6-3-9-19-17(13)15/h2-3,5-7,9,11-12,16H,4,8,10H2,1H3/t16-/m0/s1. The van der Waals surface area contributed by atoms with Crippen molar-refractivity contribution < 1.29 is 4.79 Å². The molecule has 3 aromatic rings. The summed E-state index contributed by atoms with van der Waals surface area (Å²) in [5, 5.41) is 5.24. The molecule has 0 radical (unpaired) electrons. The van der Waals surface area contributed by atoms with E-state index in [0.717, 1.165) is 35.9 Å². The molecule has 116 valence electrons. The van der Waals surface area contributed by atoms with Crippen LogP contribution in [-0.2, 0) is 7.05 Å². The minimum atomic E-state index is 0.0562. The van der Waals surface area contributed by atoms with Crippen LogP contribution in [0.25, 0.3) is 10.9 Å². The zero-order chi connectivity index (χ0) is 15.8. The molecule has 1 amide bonds. The first-order valence-corrected chi connectivity index (χ1v) is 7.87. The molecule has 0 saturated carbocycles. The third-order valence-electron chi connectivity index (χ3n) is 4.49. The Kier molecular flexibility index (Phi) is 3.33. The molecule has 23 heavy (non-hydrogen) atoms. The molecule has 1 atom stereocenters. The van der Waals surface area contributed by atoms with E-state index in [1.165, 1.54) is 0 Å². The number of amides is 1. The van der Waals surface area contributed by atoms with E-state index in [4.69, 9.17) is 0 Å². The van der Waals surface area contributed by atoms with Crippen LogP contribution in [0.2, 0.25) is 0 Å². The summed E-state index contributed by atoms with van der Waals surface area (Å²) in [5.74, 6) is 0.0562. The fraction of sp³-hybridized carbons (Fsp3) is 0.278. The summed E-state index contributed by atoms with van der Waals surface area (Å²) in [7, 11) is 1.90. The zero-order valence-corrected chi connectivity index (χ0v) is 13.0. The number of benzene rings is 1. The average Bonchev–Trinajstić information content (AvgIpc) is 3.22. The number of aryl methyl sites for hydroxylation is 1. The fourth-order valence-electron chi connectivity index (χ4n) is 3.40. The SMILES string of the molecule is Cn1cc([C@@H]2CCCN2C(=O)c2cccc3cccnc23)cn1. The van der Waals surface area contributed by atoms with E-state index in [1.54, 1.807) is 10.9 Å². The lowest BCUT2D eigenvalue weighted by molar-refractivity contribution is 0.0737. The smallest absolute Gasteiger partial charge is 0.256 e. The zero-order valence-electron chi connectivity index (χ0n) is 13.0. The number of carbonyl (C=O) groups excluding carboxylic acids is 1. The molecular formula is C18H18N4O. The molecule has 5 heteroatoms. The molecule has 1 fully saturated rings. The second-order valence-corrected chi connectivity index (χ2v) is 5.98. The van der Waals surface area contributed by atoms with Crippen molar-refractivity contribution in [2.45, 2.75) is 18.9 Å². The normalized spacial score (nSPS) is 17.8. The Hall–Kier alpha value is -2.69. The lowest BCUT2D eigenvalue weighted by atomic mass is 10.1. The molecule has 5 nitrogen and oxygen atoms in total. The van der Waals surface area contributed by atoms with Gasteiger partial charge < -0.3 is 4.90 Å². The summed E-state index contributed by atoms with van der Waals surface area (Å²) in [6.45, 7) is 0.779. The summed E-state index contributed by atoms with van der Waals surface area (Å²) in [6, 6.07) is 9.77. The van der Waals surface area contributed by atoms with Gasteiger partial charge in [-0.1, -0.05) is 18.2 Å². The second-order valence-electron chi connectivity index (χ2n) is 5.98. The first-order valence-electron chi connectivity index (χ1n) is 7.87. The molecule has 2 aromatic heterocycles. The molecule has 0 N–H and O–H groups in total. The highest BCUT2D eigenvalue weighted by atomic mass is 16.2. The van der Waals surface area contributed by atoms with Gasteiger partial charge in [0.05, 0.1) is 23.3 Å². The van der Waals surface area contributed by atoms with Gasteiger partial charge >= 0.3 is 0 Å². The van der Waals surface area contributed by atoms with Crippen molar-refractivity contribution >= 4 is 16.8 Å². The van der Waals surface area contributed by atoms with Gasteiger partial charge in [0.1, 0.15) is 0 Å². The number of hydrogen-bond donors (Lipinski definition) is 0. The van der Waals surface area contributed by atoms with Crippen molar-refractivity contribution in [3.63, 3.8) is 0 Å². The maximum absolute atomic E-state index is 13.1. The number of aromatic nitrogens is 3. The molecular weight excluding hydrogens is 288 g/mol. The molecule has 1 aliphatic rings. The summed E-state index contributed by atoms with van der Waals surface area (Å²) in [5.41, 5.74) is 2.56. The van der Waals surface area contributed by atoms with Crippen LogP contribution in [0.15, 0.2) is 48.9 Å². The molecule has 0 bridgehead atoms. The number of carbonyl (C=O) groups is 1. The van der Waals surface area contributed by atoms with Crippen LogP contribution in [0.4, 0.5) is 0 Å². The van der Waals surface area contributed by atoms with Gasteiger partial charge in [0.25, 0.3) is 5.91 Å². The molecule has 0 aliphatic carbocycles. The van der Waals surface area contributed by atoms with Crippen molar-refractivity contribution in [2.75, 3.05) is 6.54 Å². The van der Waals surface area contributed by atoms with Crippen molar-refractivity contribution in [2.24, 2.45) is 7.05 Å². The van der Waals surface area contributed by atoms with E-state index in [-0.39, 0.29) is 11.9 Å². The van der Waals surface area contributed by atoms with E-state index in [9.17, 15) is 4.79 Å². The van der Waals surface area contributed by atoms with Crippen LogP contribution in [0.3, 0.4) is 0 Å². The number of hydrogen-bond acceptors (Lipinski definition) is 3. The molecule has 1 aromatic carbocycles. The van der Waals surface area contributed by atoms with Gasteiger partial charge in [-0.25, -0.2) is 0 Å². The van der Waals surface area contributed by atoms with Gasteiger partial charge in [-0.3, -0.25) is 14.5 Å². The van der Waals surface area contributed by atoms with Crippen LogP contribution in [0.5, 0.6) is 0 Å². The molecule has 0 spiro atoms. The van der Waals surface area contributed by atoms with Crippen LogP contribution < -0.4 is 0 Å². The summed E-state index contributed by atoms with van der Waals surface area (Å²) < 4.78 is 1.79. The Morgan fingerprint density at radius 1 is 1.26 bits per heavy atom. The number of likely N-dealkylation sites (tertiary alicyclic amines) is 1. The highest BCUT2D eigenvalue weighted by Crippen LogP contribution is 2.33. The third kappa shape index (κ3) is 2.38. The van der Waals surface area contributed by atoms with E-state index in [1.807, 2.05) is 54.7 Å². The molecule has 1 aliphatic heterocycles. The average molecular weight is 306 g/mol. The lowest BCUT2D eigenvalue weighted by Crippen LogP contribution is -2.30. The number of rotatable bonds is 2. The number of pyridine rings is 1.